The summed E-state index contributed by atoms with van der Waals surface area (Å²) in [5.74, 6) is -0.218. The first-order chi connectivity index (χ1) is 13.1. The molecular formula is C20H28F2N2O4. The van der Waals surface area contributed by atoms with Crippen molar-refractivity contribution in [3.63, 3.8) is 0 Å². The molecule has 2 N–H and O–H groups in total. The van der Waals surface area contributed by atoms with Crippen molar-refractivity contribution in [3.05, 3.63) is 29.8 Å². The molecule has 1 saturated carbocycles. The van der Waals surface area contributed by atoms with Gasteiger partial charge in [-0.25, -0.2) is 4.79 Å². The van der Waals surface area contributed by atoms with Gasteiger partial charge < -0.3 is 20.1 Å². The summed E-state index contributed by atoms with van der Waals surface area (Å²) in [7, 11) is 0. The van der Waals surface area contributed by atoms with Crippen LogP contribution in [0.15, 0.2) is 24.3 Å². The molecule has 1 aromatic rings. The van der Waals surface area contributed by atoms with Crippen LogP contribution >= 0.6 is 0 Å². The Bertz CT molecular complexity index is 683. The number of benzene rings is 1. The minimum atomic E-state index is -2.91. The minimum absolute atomic E-state index is 0.0162. The Balaban J connectivity index is 1.94. The van der Waals surface area contributed by atoms with E-state index in [1.54, 1.807) is 32.9 Å². The van der Waals surface area contributed by atoms with E-state index in [1.807, 2.05) is 0 Å². The zero-order chi connectivity index (χ0) is 20.8. The quantitative estimate of drug-likeness (QED) is 0.733. The number of alkyl halides is 2. The Labute approximate surface area is 164 Å². The van der Waals surface area contributed by atoms with Crippen LogP contribution in [-0.2, 0) is 16.0 Å². The number of hydrogen-bond donors (Lipinski definition) is 2. The van der Waals surface area contributed by atoms with Gasteiger partial charge in [0.25, 0.3) is 0 Å². The van der Waals surface area contributed by atoms with Gasteiger partial charge in [-0.2, -0.15) is 8.78 Å². The van der Waals surface area contributed by atoms with E-state index < -0.39 is 23.8 Å². The van der Waals surface area contributed by atoms with Crippen LogP contribution in [0.3, 0.4) is 0 Å². The van der Waals surface area contributed by atoms with Crippen molar-refractivity contribution >= 4 is 12.0 Å². The summed E-state index contributed by atoms with van der Waals surface area (Å²) in [5, 5.41) is 5.76. The van der Waals surface area contributed by atoms with E-state index in [0.717, 1.165) is 25.7 Å². The van der Waals surface area contributed by atoms with Crippen molar-refractivity contribution in [2.24, 2.45) is 0 Å². The number of rotatable bonds is 7. The molecule has 6 nitrogen and oxygen atoms in total. The monoisotopic (exact) mass is 398 g/mol. The molecule has 1 aromatic carbocycles. The lowest BCUT2D eigenvalue weighted by Crippen LogP contribution is -2.54. The van der Waals surface area contributed by atoms with E-state index in [2.05, 4.69) is 15.4 Å². The highest BCUT2D eigenvalue weighted by atomic mass is 19.3. The molecule has 156 valence electrons. The maximum Gasteiger partial charge on any atom is 0.407 e. The highest BCUT2D eigenvalue weighted by Gasteiger charge is 2.36. The van der Waals surface area contributed by atoms with Crippen LogP contribution in [0.4, 0.5) is 13.6 Å². The fourth-order valence-electron chi connectivity index (χ4n) is 3.31. The molecule has 0 saturated heterocycles. The molecule has 1 aliphatic carbocycles. The summed E-state index contributed by atoms with van der Waals surface area (Å²) >= 11 is 0. The van der Waals surface area contributed by atoms with Crippen LogP contribution in [0.2, 0.25) is 0 Å². The largest absolute Gasteiger partial charge is 0.444 e. The lowest BCUT2D eigenvalue weighted by atomic mass is 9.96. The van der Waals surface area contributed by atoms with Crippen molar-refractivity contribution in [2.75, 3.05) is 6.54 Å². The van der Waals surface area contributed by atoms with Gasteiger partial charge >= 0.3 is 12.7 Å². The number of carbonyl (C=O) groups excluding carboxylic acids is 2. The fourth-order valence-corrected chi connectivity index (χ4v) is 3.31. The van der Waals surface area contributed by atoms with E-state index in [9.17, 15) is 18.4 Å². The smallest absolute Gasteiger partial charge is 0.407 e. The van der Waals surface area contributed by atoms with Crippen LogP contribution in [0.1, 0.15) is 52.0 Å². The molecule has 0 aliphatic heterocycles. The van der Waals surface area contributed by atoms with E-state index in [4.69, 9.17) is 4.74 Å². The van der Waals surface area contributed by atoms with Gasteiger partial charge in [0.15, 0.2) is 0 Å². The van der Waals surface area contributed by atoms with Crippen molar-refractivity contribution in [1.29, 1.82) is 0 Å². The third-order valence-corrected chi connectivity index (χ3v) is 4.42. The van der Waals surface area contributed by atoms with E-state index in [-0.39, 0.29) is 24.6 Å². The van der Waals surface area contributed by atoms with Gasteiger partial charge in [0.05, 0.1) is 12.0 Å². The maximum absolute atomic E-state index is 12.5. The standard InChI is InChI=1S/C20H28F2N2O4/c1-19(2,3)28-18(26)23-13-20(9-4-5-10-20)24-16(25)12-14-7-6-8-15(11-14)27-17(21)22/h6-8,11,17H,4-5,9-10,12-13H2,1-3H3,(H,23,26)(H,24,25). The lowest BCUT2D eigenvalue weighted by Gasteiger charge is -2.31. The number of alkyl carbamates (subject to hydrolysis) is 1. The van der Waals surface area contributed by atoms with E-state index in [1.165, 1.54) is 12.1 Å². The number of halogens is 2. The average molecular weight is 398 g/mol. The van der Waals surface area contributed by atoms with Gasteiger partial charge in [-0.15, -0.1) is 0 Å². The Morgan fingerprint density at radius 1 is 1.21 bits per heavy atom. The molecule has 1 fully saturated rings. The number of amides is 2. The highest BCUT2D eigenvalue weighted by Crippen LogP contribution is 2.29. The Morgan fingerprint density at radius 2 is 1.89 bits per heavy atom. The summed E-state index contributed by atoms with van der Waals surface area (Å²) in [6.07, 6.45) is 2.92. The predicted molar refractivity (Wildman–Crippen MR) is 100 cm³/mol. The zero-order valence-corrected chi connectivity index (χ0v) is 16.5. The fraction of sp³-hybridized carbons (Fsp3) is 0.600. The summed E-state index contributed by atoms with van der Waals surface area (Å²) in [4.78, 5) is 24.5. The molecule has 0 heterocycles. The summed E-state index contributed by atoms with van der Waals surface area (Å²) in [6, 6.07) is 6.08. The maximum atomic E-state index is 12.5. The van der Waals surface area contributed by atoms with Gasteiger partial charge in [0.2, 0.25) is 5.91 Å². The molecule has 1 aliphatic rings. The number of nitrogens with one attached hydrogen (secondary N) is 2. The van der Waals surface area contributed by atoms with E-state index >= 15 is 0 Å². The Hall–Kier alpha value is -2.38. The molecule has 0 aromatic heterocycles. The van der Waals surface area contributed by atoms with Crippen LogP contribution in [0.25, 0.3) is 0 Å². The SMILES string of the molecule is CC(C)(C)OC(=O)NCC1(NC(=O)Cc2cccc(OC(F)F)c2)CCCC1. The van der Waals surface area contributed by atoms with Crippen LogP contribution in [0.5, 0.6) is 5.75 Å². The molecule has 28 heavy (non-hydrogen) atoms. The first kappa shape index (κ1) is 21.9. The molecule has 0 atom stereocenters. The Morgan fingerprint density at radius 3 is 2.50 bits per heavy atom. The first-order valence-corrected chi connectivity index (χ1v) is 9.39. The third kappa shape index (κ3) is 7.32. The topological polar surface area (TPSA) is 76.7 Å². The van der Waals surface area contributed by atoms with Crippen molar-refractivity contribution < 1.29 is 27.8 Å². The van der Waals surface area contributed by atoms with Crippen LogP contribution in [0, 0.1) is 0 Å². The molecule has 2 amide bonds. The van der Waals surface area contributed by atoms with Gasteiger partial charge in [-0.05, 0) is 51.3 Å². The predicted octanol–water partition coefficient (Wildman–Crippen LogP) is 3.78. The van der Waals surface area contributed by atoms with Crippen molar-refractivity contribution in [3.8, 4) is 5.75 Å². The number of carbonyl (C=O) groups is 2. The van der Waals surface area contributed by atoms with Gasteiger partial charge in [0.1, 0.15) is 11.4 Å². The molecule has 0 bridgehead atoms. The molecular weight excluding hydrogens is 370 g/mol. The zero-order valence-electron chi connectivity index (χ0n) is 16.5. The molecule has 2 rings (SSSR count). The Kier molecular flexibility index (Phi) is 7.21. The molecule has 0 radical (unpaired) electrons. The van der Waals surface area contributed by atoms with Crippen LogP contribution in [-0.4, -0.2) is 36.3 Å². The summed E-state index contributed by atoms with van der Waals surface area (Å²) in [5.41, 5.74) is -0.545. The first-order valence-electron chi connectivity index (χ1n) is 9.39. The van der Waals surface area contributed by atoms with Crippen LogP contribution < -0.4 is 15.4 Å². The second kappa shape index (κ2) is 9.21. The summed E-state index contributed by atoms with van der Waals surface area (Å²) < 4.78 is 34.3. The van der Waals surface area contributed by atoms with Gasteiger partial charge in [0, 0.05) is 6.54 Å². The van der Waals surface area contributed by atoms with Crippen molar-refractivity contribution in [2.45, 2.75) is 70.6 Å². The molecule has 0 spiro atoms. The number of ether oxygens (including phenoxy) is 2. The molecule has 0 unspecified atom stereocenters. The third-order valence-electron chi connectivity index (χ3n) is 4.42. The normalized spacial score (nSPS) is 15.9. The average Bonchev–Trinajstić information content (AvgIpc) is 2.99. The highest BCUT2D eigenvalue weighted by molar-refractivity contribution is 5.79. The minimum Gasteiger partial charge on any atom is -0.444 e. The van der Waals surface area contributed by atoms with Crippen molar-refractivity contribution in [1.82, 2.24) is 10.6 Å². The molecule has 8 heteroatoms. The number of hydrogen-bond acceptors (Lipinski definition) is 4. The van der Waals surface area contributed by atoms with Gasteiger partial charge in [-0.3, -0.25) is 4.79 Å². The van der Waals surface area contributed by atoms with Gasteiger partial charge in [-0.1, -0.05) is 25.0 Å². The second-order valence-electron chi connectivity index (χ2n) is 8.09. The van der Waals surface area contributed by atoms with E-state index in [0.29, 0.717) is 5.56 Å². The summed E-state index contributed by atoms with van der Waals surface area (Å²) in [6.45, 7) is 2.72. The lowest BCUT2D eigenvalue weighted by molar-refractivity contribution is -0.122. The second-order valence-corrected chi connectivity index (χ2v) is 8.09.